The molecule has 12 heteroatoms. The first-order valence-electron chi connectivity index (χ1n) is 22.2. The minimum atomic E-state index is -1.38. The van der Waals surface area contributed by atoms with Crippen LogP contribution in [0.5, 0.6) is 11.5 Å². The van der Waals surface area contributed by atoms with E-state index in [2.05, 4.69) is 30.9 Å². The van der Waals surface area contributed by atoms with Gasteiger partial charge in [0.2, 0.25) is 5.79 Å². The van der Waals surface area contributed by atoms with Crippen molar-refractivity contribution < 1.29 is 43.5 Å². The lowest BCUT2D eigenvalue weighted by molar-refractivity contribution is -0.253. The van der Waals surface area contributed by atoms with E-state index >= 15 is 0 Å². The van der Waals surface area contributed by atoms with Crippen molar-refractivity contribution in [1.82, 2.24) is 4.90 Å². The van der Waals surface area contributed by atoms with Gasteiger partial charge in [-0.15, -0.1) is 18.3 Å². The number of thioether (sulfide) groups is 1. The highest BCUT2D eigenvalue weighted by Gasteiger charge is 2.65. The average molecular weight is 871 g/mol. The van der Waals surface area contributed by atoms with Crippen LogP contribution in [-0.2, 0) is 25.7 Å². The minimum absolute atomic E-state index is 0.0628. The fraction of sp³-hybridized carbons (Fsp3) is 0.520. The van der Waals surface area contributed by atoms with Crippen molar-refractivity contribution in [2.75, 3.05) is 52.4 Å². The van der Waals surface area contributed by atoms with Gasteiger partial charge in [0.25, 0.3) is 0 Å². The number of hydrogen-bond donors (Lipinski definition) is 2. The molecule has 0 aromatic heterocycles. The molecule has 1 heterocycles. The SMILES string of the molecule is C=CCO[C@@]12Oc3ccc(OCCSc4ccccc4)cc3[C@H]3[C@H](CCCCO)[C@@H](CCCCO)C=C(C(=NOC(C)(C)C)C[C@@H]1N(C)C(=O)OCCOCc1ccccc1)[C@H]32. The highest BCUT2D eigenvalue weighted by molar-refractivity contribution is 7.99. The van der Waals surface area contributed by atoms with E-state index in [0.717, 1.165) is 59.6 Å². The lowest BCUT2D eigenvalue weighted by Gasteiger charge is -2.59. The molecule has 62 heavy (non-hydrogen) atoms. The third-order valence-corrected chi connectivity index (χ3v) is 12.7. The number of fused-ring (bicyclic) bond motifs is 2. The standard InChI is InChI=1S/C50H66N2O9S/c1-6-27-59-50-45(52(5)48(55)58-29-28-56-35-36-17-9-7-10-18-36)34-43(51-61-49(2,3)4)41-32-37(19-13-15-25-53)40(22-14-16-26-54)46(47(41)50)42-33-38(23-24-44(42)60-50)57-30-31-62-39-20-11-8-12-21-39/h6-12,17-18,20-21,23-24,32-33,37,40,45-47,53-54H,1,13-16,19,22,25-31,34-35H2,2-5H3/t37-,40+,45-,46+,47+,50+/m0/s1. The summed E-state index contributed by atoms with van der Waals surface area (Å²) in [5.41, 5.74) is 3.16. The number of hydrogen-bond acceptors (Lipinski definition) is 11. The van der Waals surface area contributed by atoms with Crippen molar-refractivity contribution >= 4 is 23.6 Å². The van der Waals surface area contributed by atoms with Crippen LogP contribution in [0.4, 0.5) is 4.79 Å². The van der Waals surface area contributed by atoms with Gasteiger partial charge in [-0.3, -0.25) is 0 Å². The number of carbonyl (C=O) groups is 1. The molecule has 0 unspecified atom stereocenters. The largest absolute Gasteiger partial charge is 0.493 e. The lowest BCUT2D eigenvalue weighted by Crippen LogP contribution is -2.69. The number of amides is 1. The lowest BCUT2D eigenvalue weighted by atomic mass is 9.55. The van der Waals surface area contributed by atoms with Crippen molar-refractivity contribution in [3.8, 4) is 11.5 Å². The first kappa shape index (κ1) is 47.2. The Hall–Kier alpha value is -4.33. The smallest absolute Gasteiger partial charge is 0.410 e. The third-order valence-electron chi connectivity index (χ3n) is 11.8. The summed E-state index contributed by atoms with van der Waals surface area (Å²) in [6, 6.07) is 25.5. The zero-order valence-corrected chi connectivity index (χ0v) is 37.7. The van der Waals surface area contributed by atoms with E-state index in [1.807, 2.05) is 81.4 Å². The maximum Gasteiger partial charge on any atom is 0.410 e. The fourth-order valence-corrected chi connectivity index (χ4v) is 9.78. The third kappa shape index (κ3) is 12.0. The van der Waals surface area contributed by atoms with Gasteiger partial charge in [0.05, 0.1) is 38.1 Å². The molecule has 2 aliphatic carbocycles. The second-order valence-corrected chi connectivity index (χ2v) is 18.4. The Labute approximate surface area is 372 Å². The molecule has 0 bridgehead atoms. The van der Waals surface area contributed by atoms with E-state index < -0.39 is 29.4 Å². The van der Waals surface area contributed by atoms with E-state index in [4.69, 9.17) is 33.7 Å². The molecule has 1 fully saturated rings. The zero-order valence-electron chi connectivity index (χ0n) is 36.9. The Morgan fingerprint density at radius 1 is 0.968 bits per heavy atom. The first-order chi connectivity index (χ1) is 30.1. The van der Waals surface area contributed by atoms with Crippen molar-refractivity contribution in [3.63, 3.8) is 0 Å². The number of aliphatic hydroxyl groups is 2. The molecule has 0 saturated heterocycles. The molecular formula is C50H66N2O9S. The summed E-state index contributed by atoms with van der Waals surface area (Å²) in [5.74, 6) is 0.417. The molecule has 3 aromatic carbocycles. The first-order valence-corrected chi connectivity index (χ1v) is 23.2. The molecular weight excluding hydrogens is 805 g/mol. The average Bonchev–Trinajstić information content (AvgIpc) is 3.27. The van der Waals surface area contributed by atoms with Gasteiger partial charge >= 0.3 is 6.09 Å². The Balaban J connectivity index is 1.40. The van der Waals surface area contributed by atoms with Crippen LogP contribution in [0.2, 0.25) is 0 Å². The van der Waals surface area contributed by atoms with Crippen molar-refractivity contribution in [1.29, 1.82) is 0 Å². The molecule has 0 radical (unpaired) electrons. The van der Waals surface area contributed by atoms with Crippen LogP contribution in [0.15, 0.2) is 113 Å². The van der Waals surface area contributed by atoms with Crippen LogP contribution in [0.1, 0.15) is 82.8 Å². The van der Waals surface area contributed by atoms with Crippen molar-refractivity contribution in [3.05, 3.63) is 114 Å². The molecule has 3 aliphatic rings. The highest BCUT2D eigenvalue weighted by Crippen LogP contribution is 2.62. The van der Waals surface area contributed by atoms with E-state index in [9.17, 15) is 15.0 Å². The van der Waals surface area contributed by atoms with Crippen molar-refractivity contribution in [2.24, 2.45) is 22.9 Å². The molecule has 6 atom stereocenters. The summed E-state index contributed by atoms with van der Waals surface area (Å²) in [4.78, 5) is 23.1. The van der Waals surface area contributed by atoms with Gasteiger partial charge in [-0.2, -0.15) is 0 Å². The number of nitrogens with zero attached hydrogens (tertiary/aromatic N) is 2. The van der Waals surface area contributed by atoms with Gasteiger partial charge < -0.3 is 43.6 Å². The van der Waals surface area contributed by atoms with Crippen LogP contribution in [-0.4, -0.2) is 96.8 Å². The molecule has 3 aromatic rings. The number of unbranched alkanes of at least 4 members (excludes halogenated alkanes) is 2. The molecule has 6 rings (SSSR count). The molecule has 336 valence electrons. The van der Waals surface area contributed by atoms with Gasteiger partial charge in [-0.1, -0.05) is 78.7 Å². The molecule has 0 spiro atoms. The topological polar surface area (TPSA) is 129 Å². The number of aliphatic hydroxyl groups excluding tert-OH is 2. The maximum absolute atomic E-state index is 14.1. The number of likely N-dealkylation sites (N-methyl/N-ethyl adjacent to an activating group) is 1. The van der Waals surface area contributed by atoms with Crippen LogP contribution in [0.25, 0.3) is 0 Å². The summed E-state index contributed by atoms with van der Waals surface area (Å²) in [6.45, 7) is 11.5. The quantitative estimate of drug-likeness (QED) is 0.0412. The number of ether oxygens (including phenoxy) is 5. The molecule has 2 N–H and O–H groups in total. The number of oxime groups is 1. The molecule has 11 nitrogen and oxygen atoms in total. The summed E-state index contributed by atoms with van der Waals surface area (Å²) < 4.78 is 32.4. The second-order valence-electron chi connectivity index (χ2n) is 17.2. The highest BCUT2D eigenvalue weighted by atomic mass is 32.2. The molecule has 1 aliphatic heterocycles. The predicted octanol–water partition coefficient (Wildman–Crippen LogP) is 9.58. The van der Waals surface area contributed by atoms with Crippen molar-refractivity contribution in [2.45, 2.75) is 101 Å². The van der Waals surface area contributed by atoms with Gasteiger partial charge in [-0.25, -0.2) is 4.79 Å². The molecule has 1 saturated carbocycles. The summed E-state index contributed by atoms with van der Waals surface area (Å²) >= 11 is 1.75. The van der Waals surface area contributed by atoms with Crippen LogP contribution in [0.3, 0.4) is 0 Å². The Kier molecular flexibility index (Phi) is 17.4. The van der Waals surface area contributed by atoms with Gasteiger partial charge in [-0.05, 0) is 99.8 Å². The minimum Gasteiger partial charge on any atom is -0.493 e. The Morgan fingerprint density at radius 2 is 1.69 bits per heavy atom. The normalized spacial score (nSPS) is 23.4. The van der Waals surface area contributed by atoms with Crippen LogP contribution in [0, 0.1) is 17.8 Å². The summed E-state index contributed by atoms with van der Waals surface area (Å²) in [5, 5.41) is 24.7. The van der Waals surface area contributed by atoms with E-state index in [-0.39, 0.29) is 57.2 Å². The number of rotatable bonds is 23. The van der Waals surface area contributed by atoms with Crippen LogP contribution >= 0.6 is 11.8 Å². The van der Waals surface area contributed by atoms with E-state index in [1.165, 1.54) is 4.90 Å². The monoisotopic (exact) mass is 870 g/mol. The summed E-state index contributed by atoms with van der Waals surface area (Å²) in [7, 11) is 1.73. The predicted molar refractivity (Wildman–Crippen MR) is 244 cm³/mol. The van der Waals surface area contributed by atoms with Gasteiger partial charge in [0.15, 0.2) is 0 Å². The number of benzene rings is 3. The van der Waals surface area contributed by atoms with E-state index in [1.54, 1.807) is 29.8 Å². The van der Waals surface area contributed by atoms with Gasteiger partial charge in [0, 0.05) is 48.8 Å². The van der Waals surface area contributed by atoms with E-state index in [0.29, 0.717) is 31.8 Å². The fourth-order valence-electron chi connectivity index (χ4n) is 9.03. The number of carbonyl (C=O) groups excluding carboxylic acids is 1. The molecule has 1 amide bonds. The maximum atomic E-state index is 14.1. The second kappa shape index (κ2) is 22.9. The number of allylic oxidation sites excluding steroid dienone is 1. The zero-order chi connectivity index (χ0) is 44.0. The van der Waals surface area contributed by atoms with Gasteiger partial charge in [0.1, 0.15) is 29.7 Å². The Morgan fingerprint density at radius 3 is 2.40 bits per heavy atom. The van der Waals surface area contributed by atoms with Crippen LogP contribution < -0.4 is 9.47 Å². The summed E-state index contributed by atoms with van der Waals surface area (Å²) in [6.07, 6.45) is 8.52. The Bertz CT molecular complexity index is 1940.